The second-order valence-electron chi connectivity index (χ2n) is 2.34. The van der Waals surface area contributed by atoms with Crippen LogP contribution in [0.5, 0.6) is 0 Å². The summed E-state index contributed by atoms with van der Waals surface area (Å²) in [4.78, 5) is 0. The van der Waals surface area contributed by atoms with Crippen molar-refractivity contribution in [3.05, 3.63) is 18.0 Å². The van der Waals surface area contributed by atoms with Crippen LogP contribution in [0, 0.1) is 6.92 Å². The molecule has 0 heterocycles. The summed E-state index contributed by atoms with van der Waals surface area (Å²) in [6.07, 6.45) is 0. The molecule has 0 saturated carbocycles. The van der Waals surface area contributed by atoms with E-state index in [1.807, 2.05) is 0 Å². The maximum atomic E-state index is 11.8. The van der Waals surface area contributed by atoms with Crippen LogP contribution < -0.4 is 64.2 Å². The molecule has 0 saturated heterocycles. The third-order valence-electron chi connectivity index (χ3n) is 1.41. The zero-order valence-electron chi connectivity index (χ0n) is 10.2. The second kappa shape index (κ2) is 10.7. The van der Waals surface area contributed by atoms with Gasteiger partial charge in [-0.05, 0) is 13.8 Å². The molecule has 0 amide bonds. The Morgan fingerprint density at radius 2 is 1.60 bits per heavy atom. The van der Waals surface area contributed by atoms with Gasteiger partial charge >= 0.3 is 59.1 Å². The first-order valence-electron chi connectivity index (χ1n) is 4.07. The molecule has 4 nitrogen and oxygen atoms in total. The fourth-order valence-corrected chi connectivity index (χ4v) is 2.17. The molecule has 0 atom stereocenters. The van der Waals surface area contributed by atoms with Gasteiger partial charge in [0.15, 0.2) is 0 Å². The van der Waals surface area contributed by atoms with Crippen LogP contribution in [-0.4, -0.2) is 13.2 Å². The van der Waals surface area contributed by atoms with Crippen molar-refractivity contribution >= 4 is 7.60 Å². The molecule has 7 heteroatoms. The fourth-order valence-electron chi connectivity index (χ4n) is 0.724. The maximum Gasteiger partial charge on any atom is 1.00 e. The largest absolute Gasteiger partial charge is 1.00 e. The van der Waals surface area contributed by atoms with Crippen molar-refractivity contribution in [2.45, 2.75) is 20.8 Å². The molecule has 0 fully saturated rings. The predicted molar refractivity (Wildman–Crippen MR) is 48.9 cm³/mol. The van der Waals surface area contributed by atoms with E-state index >= 15 is 0 Å². The number of rotatable bonds is 5. The topological polar surface area (TPSA) is 58.6 Å². The fraction of sp³-hybridized carbons (Fsp3) is 0.625. The van der Waals surface area contributed by atoms with Gasteiger partial charge in [0.1, 0.15) is 0 Å². The van der Waals surface area contributed by atoms with Crippen LogP contribution in [0.4, 0.5) is 0 Å². The van der Waals surface area contributed by atoms with E-state index in [0.29, 0.717) is 0 Å². The molecule has 0 spiro atoms. The minimum atomic E-state index is -3.36. The van der Waals surface area contributed by atoms with E-state index in [1.54, 1.807) is 13.8 Å². The van der Waals surface area contributed by atoms with Crippen molar-refractivity contribution in [3.63, 3.8) is 0 Å². The first-order chi connectivity index (χ1) is 5.98. The molecule has 0 aliphatic rings. The van der Waals surface area contributed by atoms with Crippen LogP contribution in [0.3, 0.4) is 0 Å². The number of allylic oxidation sites excluding steroid dienone is 2. The zero-order valence-corrected chi connectivity index (χ0v) is 15.1. The SMILES string of the molecule is [CH2-]/C([O-])=C(\C)P(=O)(OCC)OCC.[Na+].[Na+]. The molecule has 0 rings (SSSR count). The Morgan fingerprint density at radius 1 is 1.27 bits per heavy atom. The Hall–Kier alpha value is 1.56. The van der Waals surface area contributed by atoms with E-state index in [2.05, 4.69) is 6.92 Å². The average Bonchev–Trinajstić information content (AvgIpc) is 2.03. The van der Waals surface area contributed by atoms with Crippen molar-refractivity contribution in [2.24, 2.45) is 0 Å². The van der Waals surface area contributed by atoms with E-state index < -0.39 is 13.4 Å². The van der Waals surface area contributed by atoms with Gasteiger partial charge in [-0.25, -0.2) is 0 Å². The van der Waals surface area contributed by atoms with Crippen LogP contribution in [0.25, 0.3) is 0 Å². The Kier molecular flexibility index (Phi) is 15.6. The molecule has 0 aliphatic carbocycles. The van der Waals surface area contributed by atoms with E-state index in [0.717, 1.165) is 0 Å². The molecule has 0 aromatic rings. The minimum absolute atomic E-state index is 0. The first-order valence-corrected chi connectivity index (χ1v) is 5.61. The van der Waals surface area contributed by atoms with Crippen molar-refractivity contribution in [1.82, 2.24) is 0 Å². The van der Waals surface area contributed by atoms with Gasteiger partial charge in [0.2, 0.25) is 0 Å². The van der Waals surface area contributed by atoms with Gasteiger partial charge in [-0.15, -0.1) is 12.2 Å². The van der Waals surface area contributed by atoms with Gasteiger partial charge in [0, 0.05) is 0 Å². The van der Waals surface area contributed by atoms with E-state index in [-0.39, 0.29) is 77.6 Å². The van der Waals surface area contributed by atoms with Gasteiger partial charge < -0.3 is 14.2 Å². The van der Waals surface area contributed by atoms with E-state index in [9.17, 15) is 9.67 Å². The van der Waals surface area contributed by atoms with Crippen molar-refractivity contribution in [3.8, 4) is 0 Å². The Morgan fingerprint density at radius 3 is 1.80 bits per heavy atom. The summed E-state index contributed by atoms with van der Waals surface area (Å²) in [7, 11) is -3.36. The molecule has 0 aliphatic heterocycles. The van der Waals surface area contributed by atoms with Gasteiger partial charge in [0.05, 0.1) is 13.2 Å². The Bertz CT molecular complexity index is 229. The van der Waals surface area contributed by atoms with Crippen LogP contribution in [0.1, 0.15) is 20.8 Å². The quantitative estimate of drug-likeness (QED) is 0.215. The summed E-state index contributed by atoms with van der Waals surface area (Å²) in [5.74, 6) is -0.509. The molecule has 78 valence electrons. The zero-order chi connectivity index (χ0) is 10.5. The summed E-state index contributed by atoms with van der Waals surface area (Å²) in [6, 6.07) is 0. The predicted octanol–water partition coefficient (Wildman–Crippen LogP) is -4.31. The van der Waals surface area contributed by atoms with Crippen LogP contribution in [-0.2, 0) is 13.6 Å². The van der Waals surface area contributed by atoms with Gasteiger partial charge in [0.25, 0.3) is 7.60 Å². The molecule has 0 radical (unpaired) electrons. The summed E-state index contributed by atoms with van der Waals surface area (Å²) in [5.41, 5.74) is 0. The Labute approximate surface area is 136 Å². The molecule has 0 aromatic carbocycles. The van der Waals surface area contributed by atoms with Crippen molar-refractivity contribution in [2.75, 3.05) is 13.2 Å². The monoisotopic (exact) mass is 252 g/mol. The maximum absolute atomic E-state index is 11.8. The third-order valence-corrected chi connectivity index (χ3v) is 3.68. The second-order valence-corrected chi connectivity index (χ2v) is 4.52. The average molecular weight is 252 g/mol. The van der Waals surface area contributed by atoms with E-state index in [4.69, 9.17) is 9.05 Å². The Balaban J connectivity index is -0.000000720. The van der Waals surface area contributed by atoms with E-state index in [1.165, 1.54) is 6.92 Å². The summed E-state index contributed by atoms with van der Waals surface area (Å²) < 4.78 is 21.7. The van der Waals surface area contributed by atoms with Gasteiger partial charge in [-0.1, -0.05) is 0 Å². The van der Waals surface area contributed by atoms with Crippen LogP contribution in [0.2, 0.25) is 0 Å². The summed E-state index contributed by atoms with van der Waals surface area (Å²) in [5, 5.41) is 10.9. The number of hydrogen-bond donors (Lipinski definition) is 0. The molecule has 15 heavy (non-hydrogen) atoms. The van der Waals surface area contributed by atoms with Crippen LogP contribution in [0.15, 0.2) is 11.1 Å². The molecular formula is C8H15Na2O4P. The van der Waals surface area contributed by atoms with Crippen LogP contribution >= 0.6 is 7.60 Å². The third kappa shape index (κ3) is 7.48. The molecule has 0 unspecified atom stereocenters. The molecule has 0 bridgehead atoms. The first kappa shape index (κ1) is 21.8. The van der Waals surface area contributed by atoms with Crippen molar-refractivity contribution < 1.29 is 77.8 Å². The van der Waals surface area contributed by atoms with Gasteiger partial charge in [-0.3, -0.25) is 17.2 Å². The minimum Gasteiger partial charge on any atom is -0.899 e. The van der Waals surface area contributed by atoms with Gasteiger partial charge in [-0.2, -0.15) is 0 Å². The summed E-state index contributed by atoms with van der Waals surface area (Å²) >= 11 is 0. The molecule has 0 aromatic heterocycles. The standard InChI is InChI=1S/C8H16O4P.2Na/c1-5-11-13(10,12-6-2)8(4)7(3)9;;/h9H,3,5-6H2,1-2,4H3;;/q-1;2*+1/p-1/b8-7-;;. The molecule has 0 N–H and O–H groups in total. The van der Waals surface area contributed by atoms with Crippen molar-refractivity contribution in [1.29, 1.82) is 0 Å². The summed E-state index contributed by atoms with van der Waals surface area (Å²) in [6.45, 7) is 8.43. The normalized spacial score (nSPS) is 12.2. The smallest absolute Gasteiger partial charge is 0.899 e. The molecular weight excluding hydrogens is 237 g/mol. The number of hydrogen-bond acceptors (Lipinski definition) is 4.